The first kappa shape index (κ1) is 12.0. The van der Waals surface area contributed by atoms with Gasteiger partial charge in [-0.15, -0.1) is 0 Å². The van der Waals surface area contributed by atoms with E-state index < -0.39 is 5.97 Å². The molecule has 2 aromatic rings. The van der Waals surface area contributed by atoms with Crippen LogP contribution in [-0.4, -0.2) is 21.8 Å². The van der Waals surface area contributed by atoms with E-state index in [4.69, 9.17) is 5.11 Å². The zero-order valence-electron chi connectivity index (χ0n) is 9.64. The summed E-state index contributed by atoms with van der Waals surface area (Å²) in [4.78, 5) is 14.2. The molecule has 0 aliphatic heterocycles. The van der Waals surface area contributed by atoms with E-state index >= 15 is 0 Å². The molecule has 4 nitrogen and oxygen atoms in total. The second kappa shape index (κ2) is 5.23. The summed E-state index contributed by atoms with van der Waals surface area (Å²) in [5, 5.41) is 9.86. The number of aromatic nitrogens is 2. The third kappa shape index (κ3) is 2.61. The minimum atomic E-state index is -0.821. The Labute approximate surface area is 104 Å². The molecule has 1 aromatic carbocycles. The number of hydrogen-bond acceptors (Lipinski definition) is 2. The fraction of sp³-hybridized carbons (Fsp3) is 0.333. The van der Waals surface area contributed by atoms with Crippen LogP contribution in [0.2, 0.25) is 0 Å². The summed E-state index contributed by atoms with van der Waals surface area (Å²) in [7, 11) is 0. The molecule has 90 valence electrons. The summed E-state index contributed by atoms with van der Waals surface area (Å²) >= 11 is 1.66. The van der Waals surface area contributed by atoms with E-state index in [1.54, 1.807) is 11.8 Å². The van der Waals surface area contributed by atoms with Gasteiger partial charge in [0.2, 0.25) is 0 Å². The minimum absolute atomic E-state index is 0.00391. The Morgan fingerprint density at radius 1 is 1.47 bits per heavy atom. The van der Waals surface area contributed by atoms with Gasteiger partial charge >= 0.3 is 11.1 Å². The SMILES string of the molecule is CCCSc1[nH]c2ccccc2[n+]1CC(=O)O. The first-order valence-electron chi connectivity index (χ1n) is 5.57. The van der Waals surface area contributed by atoms with Crippen molar-refractivity contribution in [1.29, 1.82) is 0 Å². The topological polar surface area (TPSA) is 57.0 Å². The van der Waals surface area contributed by atoms with Gasteiger partial charge in [-0.25, -0.2) is 14.3 Å². The Morgan fingerprint density at radius 2 is 2.24 bits per heavy atom. The number of thioether (sulfide) groups is 1. The molecule has 0 unspecified atom stereocenters. The molecule has 0 spiro atoms. The predicted octanol–water partition coefficient (Wildman–Crippen LogP) is 2.04. The third-order valence-corrected chi connectivity index (χ3v) is 3.63. The first-order valence-corrected chi connectivity index (χ1v) is 6.56. The van der Waals surface area contributed by atoms with Crippen LogP contribution in [0.15, 0.2) is 29.4 Å². The molecule has 0 fully saturated rings. The second-order valence-electron chi connectivity index (χ2n) is 3.78. The van der Waals surface area contributed by atoms with Crippen LogP contribution >= 0.6 is 11.8 Å². The van der Waals surface area contributed by atoms with Crippen molar-refractivity contribution in [2.75, 3.05) is 5.75 Å². The van der Waals surface area contributed by atoms with Crippen molar-refractivity contribution in [3.8, 4) is 0 Å². The highest BCUT2D eigenvalue weighted by atomic mass is 32.2. The fourth-order valence-electron chi connectivity index (χ4n) is 1.71. The number of carboxylic acids is 1. The largest absolute Gasteiger partial charge is 0.478 e. The van der Waals surface area contributed by atoms with Gasteiger partial charge in [0.25, 0.3) is 0 Å². The zero-order chi connectivity index (χ0) is 12.3. The number of imidazole rings is 1. The number of benzene rings is 1. The molecule has 2 N–H and O–H groups in total. The minimum Gasteiger partial charge on any atom is -0.478 e. The molecular formula is C12H15N2O2S+. The smallest absolute Gasteiger partial charge is 0.346 e. The molecule has 0 amide bonds. The highest BCUT2D eigenvalue weighted by Crippen LogP contribution is 2.18. The van der Waals surface area contributed by atoms with Crippen LogP contribution < -0.4 is 4.57 Å². The van der Waals surface area contributed by atoms with Crippen LogP contribution in [0.3, 0.4) is 0 Å². The molecule has 0 bridgehead atoms. The van der Waals surface area contributed by atoms with Gasteiger partial charge in [0.1, 0.15) is 0 Å². The third-order valence-electron chi connectivity index (χ3n) is 2.42. The van der Waals surface area contributed by atoms with Gasteiger partial charge in [-0.3, -0.25) is 0 Å². The molecule has 2 rings (SSSR count). The van der Waals surface area contributed by atoms with Crippen molar-refractivity contribution in [3.05, 3.63) is 24.3 Å². The number of aliphatic carboxylic acids is 1. The highest BCUT2D eigenvalue weighted by Gasteiger charge is 2.20. The van der Waals surface area contributed by atoms with Crippen LogP contribution in [0.25, 0.3) is 11.0 Å². The maximum atomic E-state index is 10.9. The van der Waals surface area contributed by atoms with Crippen molar-refractivity contribution >= 4 is 28.8 Å². The van der Waals surface area contributed by atoms with Crippen LogP contribution in [-0.2, 0) is 11.3 Å². The number of nitrogens with zero attached hydrogens (tertiary/aromatic N) is 1. The number of hydrogen-bond donors (Lipinski definition) is 2. The number of carbonyl (C=O) groups is 1. The van der Waals surface area contributed by atoms with Crippen molar-refractivity contribution in [1.82, 2.24) is 4.98 Å². The number of carboxylic acid groups (broad SMARTS) is 1. The molecule has 0 aliphatic carbocycles. The van der Waals surface area contributed by atoms with Gasteiger partial charge in [0.05, 0.1) is 0 Å². The molecule has 0 saturated heterocycles. The van der Waals surface area contributed by atoms with E-state index in [1.165, 1.54) is 0 Å². The van der Waals surface area contributed by atoms with E-state index in [9.17, 15) is 4.79 Å². The molecule has 0 saturated carbocycles. The van der Waals surface area contributed by atoms with Crippen molar-refractivity contribution in [2.24, 2.45) is 0 Å². The van der Waals surface area contributed by atoms with E-state index in [-0.39, 0.29) is 6.54 Å². The quantitative estimate of drug-likeness (QED) is 0.631. The van der Waals surface area contributed by atoms with Gasteiger partial charge in [-0.05, 0) is 30.3 Å². The lowest BCUT2D eigenvalue weighted by Crippen LogP contribution is -2.39. The monoisotopic (exact) mass is 251 g/mol. The molecule has 0 atom stereocenters. The molecule has 5 heteroatoms. The van der Waals surface area contributed by atoms with Gasteiger partial charge < -0.3 is 5.11 Å². The summed E-state index contributed by atoms with van der Waals surface area (Å²) in [5.41, 5.74) is 1.92. The number of rotatable bonds is 5. The van der Waals surface area contributed by atoms with Crippen molar-refractivity contribution < 1.29 is 14.5 Å². The molecular weight excluding hydrogens is 236 g/mol. The number of para-hydroxylation sites is 2. The Morgan fingerprint density at radius 3 is 2.94 bits per heavy atom. The lowest BCUT2D eigenvalue weighted by molar-refractivity contribution is -0.697. The van der Waals surface area contributed by atoms with Gasteiger partial charge in [0.15, 0.2) is 17.6 Å². The number of H-pyrrole nitrogens is 1. The summed E-state index contributed by atoms with van der Waals surface area (Å²) in [6, 6.07) is 7.76. The normalized spacial score (nSPS) is 10.9. The van der Waals surface area contributed by atoms with Crippen molar-refractivity contribution in [3.63, 3.8) is 0 Å². The first-order chi connectivity index (χ1) is 8.22. The Balaban J connectivity index is 2.44. The van der Waals surface area contributed by atoms with Crippen LogP contribution in [0, 0.1) is 0 Å². The Bertz CT molecular complexity index is 536. The fourth-order valence-corrected chi connectivity index (χ4v) is 2.61. The number of fused-ring (bicyclic) bond motifs is 1. The predicted molar refractivity (Wildman–Crippen MR) is 67.1 cm³/mol. The second-order valence-corrected chi connectivity index (χ2v) is 4.86. The average molecular weight is 251 g/mol. The molecule has 0 radical (unpaired) electrons. The number of aromatic amines is 1. The Hall–Kier alpha value is -1.49. The summed E-state index contributed by atoms with van der Waals surface area (Å²) < 4.78 is 1.82. The van der Waals surface area contributed by atoms with Crippen molar-refractivity contribution in [2.45, 2.75) is 25.0 Å². The lowest BCUT2D eigenvalue weighted by Gasteiger charge is -1.97. The molecule has 1 heterocycles. The van der Waals surface area contributed by atoms with E-state index in [0.717, 1.165) is 28.4 Å². The molecule has 1 aromatic heterocycles. The van der Waals surface area contributed by atoms with Gasteiger partial charge in [0, 0.05) is 5.75 Å². The van der Waals surface area contributed by atoms with Crippen LogP contribution in [0.1, 0.15) is 13.3 Å². The summed E-state index contributed by atoms with van der Waals surface area (Å²) in [6.07, 6.45) is 1.06. The zero-order valence-corrected chi connectivity index (χ0v) is 10.5. The maximum absolute atomic E-state index is 10.9. The van der Waals surface area contributed by atoms with E-state index in [0.29, 0.717) is 0 Å². The molecule has 17 heavy (non-hydrogen) atoms. The maximum Gasteiger partial charge on any atom is 0.346 e. The molecule has 0 aliphatic rings. The summed E-state index contributed by atoms with van der Waals surface area (Å²) in [6.45, 7) is 2.10. The van der Waals surface area contributed by atoms with Gasteiger partial charge in [-0.2, -0.15) is 0 Å². The summed E-state index contributed by atoms with van der Waals surface area (Å²) in [5.74, 6) is 0.157. The van der Waals surface area contributed by atoms with Crippen LogP contribution in [0.4, 0.5) is 0 Å². The van der Waals surface area contributed by atoms with E-state index in [1.807, 2.05) is 28.8 Å². The van der Waals surface area contributed by atoms with Gasteiger partial charge in [-0.1, -0.05) is 19.1 Å². The average Bonchev–Trinajstić information content (AvgIpc) is 2.64. The number of nitrogens with one attached hydrogen (secondary N) is 1. The standard InChI is InChI=1S/C12H14N2O2S/c1-2-7-17-12-13-9-5-3-4-6-10(9)14(12)8-11(15)16/h3-6H,2,7-8H2,1H3,(H,15,16)/p+1. The van der Waals surface area contributed by atoms with Crippen LogP contribution in [0.5, 0.6) is 0 Å². The Kier molecular flexibility index (Phi) is 3.68. The van der Waals surface area contributed by atoms with E-state index in [2.05, 4.69) is 11.9 Å². The lowest BCUT2D eigenvalue weighted by atomic mass is 10.3. The highest BCUT2D eigenvalue weighted by molar-refractivity contribution is 7.99.